The number of benzene rings is 4. The number of ether oxygens (including phenoxy) is 1. The molecule has 0 bridgehead atoms. The summed E-state index contributed by atoms with van der Waals surface area (Å²) in [4.78, 5) is 41.5. The van der Waals surface area contributed by atoms with Gasteiger partial charge >= 0.3 is 0 Å². The van der Waals surface area contributed by atoms with Gasteiger partial charge in [-0.3, -0.25) is 14.4 Å². The Labute approximate surface area is 228 Å². The number of methoxy groups -OCH3 is 1. The normalized spacial score (nSPS) is 13.0. The van der Waals surface area contributed by atoms with Crippen LogP contribution in [0.15, 0.2) is 119 Å². The number of nitrogens with zero attached hydrogens (tertiary/aromatic N) is 1. The second kappa shape index (κ2) is 11.2. The van der Waals surface area contributed by atoms with Crippen LogP contribution >= 0.6 is 11.8 Å². The van der Waals surface area contributed by atoms with Gasteiger partial charge in [0.1, 0.15) is 22.2 Å². The van der Waals surface area contributed by atoms with E-state index in [2.05, 4.69) is 10.6 Å². The van der Waals surface area contributed by atoms with Crippen molar-refractivity contribution < 1.29 is 23.5 Å². The van der Waals surface area contributed by atoms with Gasteiger partial charge in [0.2, 0.25) is 0 Å². The zero-order valence-electron chi connectivity index (χ0n) is 20.7. The first-order valence-corrected chi connectivity index (χ1v) is 12.7. The number of nitrogens with one attached hydrogen (secondary N) is 2. The molecule has 0 saturated carbocycles. The Hall–Kier alpha value is -4.89. The van der Waals surface area contributed by atoms with Crippen molar-refractivity contribution in [3.05, 3.63) is 125 Å². The van der Waals surface area contributed by atoms with E-state index < -0.39 is 17.6 Å². The molecule has 7 nitrogen and oxygen atoms in total. The number of halogens is 1. The van der Waals surface area contributed by atoms with E-state index in [-0.39, 0.29) is 22.2 Å². The molecule has 0 radical (unpaired) electrons. The minimum Gasteiger partial charge on any atom is -0.497 e. The minimum absolute atomic E-state index is 0.105. The predicted molar refractivity (Wildman–Crippen MR) is 149 cm³/mol. The fourth-order valence-electron chi connectivity index (χ4n) is 3.91. The highest BCUT2D eigenvalue weighted by molar-refractivity contribution is 8.04. The third kappa shape index (κ3) is 5.68. The van der Waals surface area contributed by atoms with Gasteiger partial charge in [-0.05, 0) is 78.9 Å². The van der Waals surface area contributed by atoms with Crippen LogP contribution < -0.4 is 20.3 Å². The van der Waals surface area contributed by atoms with Gasteiger partial charge in [-0.15, -0.1) is 0 Å². The van der Waals surface area contributed by atoms with E-state index in [4.69, 9.17) is 4.74 Å². The lowest BCUT2D eigenvalue weighted by atomic mass is 10.2. The van der Waals surface area contributed by atoms with Crippen molar-refractivity contribution in [1.29, 1.82) is 0 Å². The first kappa shape index (κ1) is 25.7. The topological polar surface area (TPSA) is 87.7 Å². The Kier molecular flexibility index (Phi) is 7.42. The van der Waals surface area contributed by atoms with Gasteiger partial charge in [0, 0.05) is 21.8 Å². The van der Waals surface area contributed by atoms with Crippen molar-refractivity contribution in [3.63, 3.8) is 0 Å². The van der Waals surface area contributed by atoms with E-state index in [0.29, 0.717) is 27.6 Å². The number of rotatable bonds is 8. The molecule has 0 fully saturated rings. The van der Waals surface area contributed by atoms with Gasteiger partial charge in [0.15, 0.2) is 0 Å². The molecule has 0 unspecified atom stereocenters. The quantitative estimate of drug-likeness (QED) is 0.264. The summed E-state index contributed by atoms with van der Waals surface area (Å²) in [5, 5.41) is 5.92. The molecular formula is C30H22FN3O4S. The summed E-state index contributed by atoms with van der Waals surface area (Å²) in [7, 11) is 1.55. The van der Waals surface area contributed by atoms with Crippen molar-refractivity contribution in [3.8, 4) is 5.75 Å². The van der Waals surface area contributed by atoms with E-state index in [9.17, 15) is 18.8 Å². The number of carbonyl (C=O) groups is 3. The molecule has 1 aliphatic rings. The smallest absolute Gasteiger partial charge is 0.283 e. The number of anilines is 3. The zero-order chi connectivity index (χ0) is 27.4. The Morgan fingerprint density at radius 3 is 2.21 bits per heavy atom. The minimum atomic E-state index is -0.554. The molecule has 4 aromatic rings. The van der Waals surface area contributed by atoms with Crippen molar-refractivity contribution in [2.24, 2.45) is 0 Å². The lowest BCUT2D eigenvalue weighted by Gasteiger charge is -2.15. The highest BCUT2D eigenvalue weighted by Crippen LogP contribution is 2.38. The van der Waals surface area contributed by atoms with Crippen LogP contribution in [-0.2, 0) is 9.59 Å². The Morgan fingerprint density at radius 2 is 1.51 bits per heavy atom. The van der Waals surface area contributed by atoms with Gasteiger partial charge in [-0.2, -0.15) is 0 Å². The molecule has 4 aromatic carbocycles. The molecule has 39 heavy (non-hydrogen) atoms. The van der Waals surface area contributed by atoms with Crippen molar-refractivity contribution in [2.75, 3.05) is 22.6 Å². The van der Waals surface area contributed by atoms with Crippen molar-refractivity contribution in [1.82, 2.24) is 0 Å². The van der Waals surface area contributed by atoms with Gasteiger partial charge in [-0.1, -0.05) is 36.0 Å². The summed E-state index contributed by atoms with van der Waals surface area (Å²) in [6.07, 6.45) is 0. The first-order chi connectivity index (χ1) is 18.9. The molecule has 5 rings (SSSR count). The molecular weight excluding hydrogens is 517 g/mol. The Bertz CT molecular complexity index is 1570. The number of hydrogen-bond acceptors (Lipinski definition) is 6. The molecule has 0 saturated heterocycles. The average molecular weight is 540 g/mol. The summed E-state index contributed by atoms with van der Waals surface area (Å²) < 4.78 is 18.7. The number of imide groups is 1. The second-order valence-electron chi connectivity index (χ2n) is 8.43. The molecule has 0 aromatic heterocycles. The number of para-hydroxylation sites is 1. The second-order valence-corrected chi connectivity index (χ2v) is 9.51. The van der Waals surface area contributed by atoms with Gasteiger partial charge in [-0.25, -0.2) is 9.29 Å². The van der Waals surface area contributed by atoms with Crippen LogP contribution in [-0.4, -0.2) is 24.8 Å². The maximum absolute atomic E-state index is 13.5. The standard InChI is InChI=1S/C30H22FN3O4S/c1-38-24-16-10-19(11-17-24)28(35)33-22-8-5-9-25(18-22)39-27-26(32-21-6-3-2-4-7-21)29(36)34(30(27)37)23-14-12-20(31)13-15-23/h2-18,32H,1H3,(H,33,35). The lowest BCUT2D eigenvalue weighted by Crippen LogP contribution is -2.32. The monoisotopic (exact) mass is 539 g/mol. The van der Waals surface area contributed by atoms with E-state index in [0.717, 1.165) is 16.7 Å². The predicted octanol–water partition coefficient (Wildman–Crippen LogP) is 6.08. The number of hydrogen-bond donors (Lipinski definition) is 2. The third-order valence-corrected chi connectivity index (χ3v) is 6.91. The van der Waals surface area contributed by atoms with E-state index in [1.807, 2.05) is 18.2 Å². The van der Waals surface area contributed by atoms with Crippen molar-refractivity contribution >= 4 is 46.5 Å². The summed E-state index contributed by atoms with van der Waals surface area (Å²) in [5.74, 6) is -1.23. The van der Waals surface area contributed by atoms with Crippen LogP contribution in [0.3, 0.4) is 0 Å². The largest absolute Gasteiger partial charge is 0.497 e. The third-order valence-electron chi connectivity index (χ3n) is 5.83. The summed E-state index contributed by atoms with van der Waals surface area (Å²) in [5.41, 5.74) is 1.97. The molecule has 2 N–H and O–H groups in total. The van der Waals surface area contributed by atoms with Crippen LogP contribution in [0.4, 0.5) is 21.5 Å². The molecule has 0 atom stereocenters. The first-order valence-electron chi connectivity index (χ1n) is 11.9. The highest BCUT2D eigenvalue weighted by Gasteiger charge is 2.40. The van der Waals surface area contributed by atoms with Crippen LogP contribution in [0.2, 0.25) is 0 Å². The summed E-state index contributed by atoms with van der Waals surface area (Å²) in [6, 6.07) is 27.9. The molecule has 0 spiro atoms. The fourth-order valence-corrected chi connectivity index (χ4v) is 4.89. The Morgan fingerprint density at radius 1 is 0.821 bits per heavy atom. The molecule has 194 valence electrons. The van der Waals surface area contributed by atoms with Crippen LogP contribution in [0.5, 0.6) is 5.75 Å². The van der Waals surface area contributed by atoms with Gasteiger partial charge < -0.3 is 15.4 Å². The van der Waals surface area contributed by atoms with Gasteiger partial charge in [0.25, 0.3) is 17.7 Å². The summed E-state index contributed by atoms with van der Waals surface area (Å²) in [6.45, 7) is 0. The lowest BCUT2D eigenvalue weighted by molar-refractivity contribution is -0.120. The molecule has 0 aliphatic carbocycles. The summed E-state index contributed by atoms with van der Waals surface area (Å²) >= 11 is 1.10. The molecule has 1 aliphatic heterocycles. The number of thioether (sulfide) groups is 1. The molecule has 3 amide bonds. The van der Waals surface area contributed by atoms with Crippen molar-refractivity contribution in [2.45, 2.75) is 4.90 Å². The molecule has 1 heterocycles. The van der Waals surface area contributed by atoms with Crippen LogP contribution in [0.1, 0.15) is 10.4 Å². The van der Waals surface area contributed by atoms with Crippen LogP contribution in [0.25, 0.3) is 0 Å². The maximum atomic E-state index is 13.5. The highest BCUT2D eigenvalue weighted by atomic mass is 32.2. The zero-order valence-corrected chi connectivity index (χ0v) is 21.5. The average Bonchev–Trinajstić information content (AvgIpc) is 3.18. The van der Waals surface area contributed by atoms with Crippen LogP contribution in [0, 0.1) is 5.82 Å². The SMILES string of the molecule is COc1ccc(C(=O)Nc2cccc(SC3=C(Nc4ccccc4)C(=O)N(c4ccc(F)cc4)C3=O)c2)cc1. The van der Waals surface area contributed by atoms with E-state index >= 15 is 0 Å². The Balaban J connectivity index is 1.42. The fraction of sp³-hybridized carbons (Fsp3) is 0.0333. The number of amides is 3. The van der Waals surface area contributed by atoms with Gasteiger partial charge in [0.05, 0.1) is 12.8 Å². The van der Waals surface area contributed by atoms with E-state index in [1.54, 1.807) is 67.8 Å². The number of carbonyl (C=O) groups excluding carboxylic acids is 3. The van der Waals surface area contributed by atoms with E-state index in [1.165, 1.54) is 24.3 Å². The molecule has 9 heteroatoms. The maximum Gasteiger partial charge on any atom is 0.283 e.